The normalized spacial score (nSPS) is 13.1. The number of furan rings is 1. The maximum atomic E-state index is 6.85. The number of aryl methyl sites for hydroxylation is 1. The van der Waals surface area contributed by atoms with Crippen LogP contribution >= 0.6 is 0 Å². The van der Waals surface area contributed by atoms with E-state index in [9.17, 15) is 0 Å². The maximum absolute atomic E-state index is 6.85. The fraction of sp³-hybridized carbons (Fsp3) is 0.0417. The zero-order valence-corrected chi connectivity index (χ0v) is 26.8. The first-order valence-electron chi connectivity index (χ1n) is 17.2. The van der Waals surface area contributed by atoms with Crippen molar-refractivity contribution in [3.8, 4) is 22.3 Å². The summed E-state index contributed by atoms with van der Waals surface area (Å²) in [6.45, 7) is 0. The summed E-state index contributed by atoms with van der Waals surface area (Å²) in [5, 5.41) is 14.9. The first-order chi connectivity index (χ1) is 24.3. The van der Waals surface area contributed by atoms with Gasteiger partial charge in [-0.15, -0.1) is 0 Å². The van der Waals surface area contributed by atoms with Crippen LogP contribution in [0.4, 0.5) is 0 Å². The molecule has 1 aliphatic rings. The van der Waals surface area contributed by atoms with Crippen molar-refractivity contribution in [3.05, 3.63) is 163 Å². The number of fused-ring (bicyclic) bond motifs is 13. The van der Waals surface area contributed by atoms with Gasteiger partial charge in [-0.1, -0.05) is 140 Å². The quantitative estimate of drug-likeness (QED) is 0.138. The van der Waals surface area contributed by atoms with Gasteiger partial charge in [-0.2, -0.15) is 0 Å². The molecule has 1 aromatic heterocycles. The van der Waals surface area contributed by atoms with Gasteiger partial charge in [0.15, 0.2) is 0 Å². The summed E-state index contributed by atoms with van der Waals surface area (Å²) < 4.78 is 6.85. The van der Waals surface area contributed by atoms with Crippen molar-refractivity contribution in [3.63, 3.8) is 0 Å². The van der Waals surface area contributed by atoms with Gasteiger partial charge in [-0.25, -0.2) is 0 Å². The summed E-state index contributed by atoms with van der Waals surface area (Å²) in [5.74, 6) is 0. The van der Waals surface area contributed by atoms with Crippen LogP contribution in [0.3, 0.4) is 0 Å². The molecule has 49 heavy (non-hydrogen) atoms. The molecule has 228 valence electrons. The third kappa shape index (κ3) is 3.76. The maximum Gasteiger partial charge on any atom is 0.143 e. The minimum absolute atomic E-state index is 0.915. The minimum atomic E-state index is 0.915. The molecule has 0 unspecified atom stereocenters. The monoisotopic (exact) mass is 622 g/mol. The molecule has 1 nitrogen and oxygen atoms in total. The molecule has 0 saturated heterocycles. The lowest BCUT2D eigenvalue weighted by atomic mass is 9.82. The second-order valence-electron chi connectivity index (χ2n) is 13.4. The Labute approximate surface area is 283 Å². The number of hydrogen-bond acceptors (Lipinski definition) is 1. The van der Waals surface area contributed by atoms with Gasteiger partial charge in [0.2, 0.25) is 0 Å². The van der Waals surface area contributed by atoms with Gasteiger partial charge in [-0.3, -0.25) is 0 Å². The molecule has 10 aromatic rings. The second-order valence-corrected chi connectivity index (χ2v) is 13.4. The fourth-order valence-electron chi connectivity index (χ4n) is 8.82. The fourth-order valence-corrected chi connectivity index (χ4v) is 8.82. The molecule has 0 atom stereocenters. The summed E-state index contributed by atoms with van der Waals surface area (Å²) >= 11 is 0. The molecule has 11 rings (SSSR count). The molecule has 0 amide bonds. The van der Waals surface area contributed by atoms with Crippen molar-refractivity contribution in [2.75, 3.05) is 0 Å². The van der Waals surface area contributed by atoms with Crippen molar-refractivity contribution in [1.82, 2.24) is 0 Å². The molecule has 9 aromatic carbocycles. The van der Waals surface area contributed by atoms with E-state index in [1.165, 1.54) is 81.7 Å². The van der Waals surface area contributed by atoms with E-state index in [0.29, 0.717) is 0 Å². The van der Waals surface area contributed by atoms with E-state index < -0.39 is 0 Å². The molecule has 0 spiro atoms. The summed E-state index contributed by atoms with van der Waals surface area (Å²) in [4.78, 5) is 0. The van der Waals surface area contributed by atoms with Crippen LogP contribution in [0.2, 0.25) is 0 Å². The lowest BCUT2D eigenvalue weighted by Crippen LogP contribution is -1.98. The highest BCUT2D eigenvalue weighted by Gasteiger charge is 2.22. The Morgan fingerprint density at radius 1 is 0.429 bits per heavy atom. The molecule has 0 N–H and O–H groups in total. The van der Waals surface area contributed by atoms with E-state index in [4.69, 9.17) is 4.42 Å². The third-order valence-corrected chi connectivity index (χ3v) is 10.9. The van der Waals surface area contributed by atoms with Crippen molar-refractivity contribution < 1.29 is 4.42 Å². The molecule has 1 heteroatoms. The van der Waals surface area contributed by atoms with Gasteiger partial charge < -0.3 is 4.42 Å². The Kier molecular flexibility index (Phi) is 5.57. The highest BCUT2D eigenvalue weighted by atomic mass is 16.3. The van der Waals surface area contributed by atoms with E-state index >= 15 is 0 Å². The first kappa shape index (κ1) is 26.8. The molecule has 1 heterocycles. The van der Waals surface area contributed by atoms with E-state index in [2.05, 4.69) is 158 Å². The largest absolute Gasteiger partial charge is 0.455 e. The lowest BCUT2D eigenvalue weighted by molar-refractivity contribution is 0.673. The van der Waals surface area contributed by atoms with Crippen molar-refractivity contribution in [1.29, 1.82) is 0 Å². The van der Waals surface area contributed by atoms with E-state index in [1.807, 2.05) is 0 Å². The molecular formula is C48H30O. The van der Waals surface area contributed by atoms with Crippen molar-refractivity contribution in [2.45, 2.75) is 12.8 Å². The average molecular weight is 623 g/mol. The number of rotatable bonds is 2. The zero-order valence-electron chi connectivity index (χ0n) is 26.8. The van der Waals surface area contributed by atoms with Crippen LogP contribution in [0, 0.1) is 0 Å². The molecule has 0 saturated carbocycles. The van der Waals surface area contributed by atoms with E-state index in [-0.39, 0.29) is 0 Å². The summed E-state index contributed by atoms with van der Waals surface area (Å²) in [5.41, 5.74) is 9.69. The Morgan fingerprint density at radius 3 is 1.67 bits per heavy atom. The van der Waals surface area contributed by atoms with Crippen LogP contribution in [0.15, 0.2) is 156 Å². The highest BCUT2D eigenvalue weighted by Crippen LogP contribution is 2.48. The second kappa shape index (κ2) is 10.2. The summed E-state index contributed by atoms with van der Waals surface area (Å²) in [6, 6.07) is 53.5. The summed E-state index contributed by atoms with van der Waals surface area (Å²) in [7, 11) is 0. The topological polar surface area (TPSA) is 13.1 Å². The van der Waals surface area contributed by atoms with Crippen LogP contribution in [0.25, 0.3) is 104 Å². The lowest BCUT2D eigenvalue weighted by Gasteiger charge is -2.21. The van der Waals surface area contributed by atoms with Crippen LogP contribution in [0.5, 0.6) is 0 Å². The van der Waals surface area contributed by atoms with Gasteiger partial charge >= 0.3 is 0 Å². The molecule has 0 fully saturated rings. The zero-order chi connectivity index (χ0) is 32.1. The minimum Gasteiger partial charge on any atom is -0.455 e. The molecule has 0 aliphatic heterocycles. The SMILES string of the molecule is C1=Cc2cc(-c3c4ccccc4c(-c4ccc5c(c4)oc4c6ccccc6c6ccccc6c54)c4ccccc34)c3ccccc3c2CC1. The van der Waals surface area contributed by atoms with Gasteiger partial charge in [0.05, 0.1) is 0 Å². The number of benzene rings is 9. The van der Waals surface area contributed by atoms with Crippen LogP contribution in [-0.2, 0) is 6.42 Å². The van der Waals surface area contributed by atoms with Gasteiger partial charge in [0.1, 0.15) is 11.2 Å². The Balaban J connectivity index is 1.23. The standard InChI is InChI=1S/C48H30O/c1-2-14-31-29(13-1)27-43(35-18-4-3-15-32(31)35)46-39-22-10-8-20-37(39)45(38-21-9-11-23-40(38)46)30-25-26-42-44(28-30)49-48-41-24-12-6-17-34(41)33-16-5-7-19-36(33)47(42)48/h1,3-13,15-28H,2,14H2. The third-order valence-electron chi connectivity index (χ3n) is 10.9. The van der Waals surface area contributed by atoms with Gasteiger partial charge in [0, 0.05) is 16.2 Å². The number of allylic oxidation sites excluding steroid dienone is 1. The van der Waals surface area contributed by atoms with E-state index in [1.54, 1.807) is 0 Å². The van der Waals surface area contributed by atoms with Gasteiger partial charge in [-0.05, 0) is 113 Å². The first-order valence-corrected chi connectivity index (χ1v) is 17.2. The molecule has 0 radical (unpaired) electrons. The highest BCUT2D eigenvalue weighted by molar-refractivity contribution is 6.31. The van der Waals surface area contributed by atoms with Crippen LogP contribution in [0.1, 0.15) is 17.5 Å². The van der Waals surface area contributed by atoms with E-state index in [0.717, 1.165) is 40.3 Å². The molecular weight excluding hydrogens is 593 g/mol. The smallest absolute Gasteiger partial charge is 0.143 e. The average Bonchev–Trinajstić information content (AvgIpc) is 3.56. The number of hydrogen-bond donors (Lipinski definition) is 0. The van der Waals surface area contributed by atoms with Crippen LogP contribution in [-0.4, -0.2) is 0 Å². The van der Waals surface area contributed by atoms with Crippen LogP contribution < -0.4 is 0 Å². The predicted molar refractivity (Wildman–Crippen MR) is 209 cm³/mol. The van der Waals surface area contributed by atoms with Crippen molar-refractivity contribution >= 4 is 81.9 Å². The van der Waals surface area contributed by atoms with Crippen molar-refractivity contribution in [2.24, 2.45) is 0 Å². The Bertz CT molecular complexity index is 2990. The van der Waals surface area contributed by atoms with Gasteiger partial charge in [0.25, 0.3) is 0 Å². The predicted octanol–water partition coefficient (Wildman–Crippen LogP) is 13.6. The molecule has 1 aliphatic carbocycles. The Hall–Kier alpha value is -6.18. The Morgan fingerprint density at radius 2 is 0.980 bits per heavy atom. The summed E-state index contributed by atoms with van der Waals surface area (Å²) in [6.07, 6.45) is 6.82. The molecule has 0 bridgehead atoms.